The molecule has 476 valence electrons. The number of allylic oxidation sites excluding steroid dienone is 7. The second-order valence-corrected chi connectivity index (χ2v) is 24.7. The number of aliphatic hydroxyl groups excluding tert-OH is 5. The van der Waals surface area contributed by atoms with Gasteiger partial charge in [-0.05, 0) is 64.2 Å². The average molecular weight is 1140 g/mol. The molecule has 0 aromatic heterocycles. The minimum Gasteiger partial charge on any atom is -0.394 e. The third kappa shape index (κ3) is 50.1. The Morgan fingerprint density at radius 2 is 0.741 bits per heavy atom. The number of nitrogens with one attached hydrogen (secondary N) is 1. The molecule has 9 nitrogen and oxygen atoms in total. The van der Waals surface area contributed by atoms with Crippen LogP contribution in [0.5, 0.6) is 0 Å². The number of carbonyl (C=O) groups is 1. The molecule has 1 aliphatic heterocycles. The highest BCUT2D eigenvalue weighted by atomic mass is 16.7. The summed E-state index contributed by atoms with van der Waals surface area (Å²) >= 11 is 0. The van der Waals surface area contributed by atoms with E-state index in [1.54, 1.807) is 6.08 Å². The van der Waals surface area contributed by atoms with Crippen LogP contribution in [-0.4, -0.2) is 87.5 Å². The maximum atomic E-state index is 13.1. The summed E-state index contributed by atoms with van der Waals surface area (Å²) in [6, 6.07) is -0.821. The lowest BCUT2D eigenvalue weighted by Crippen LogP contribution is -2.60. The molecule has 7 atom stereocenters. The van der Waals surface area contributed by atoms with Gasteiger partial charge < -0.3 is 40.3 Å². The minimum atomic E-state index is -1.57. The van der Waals surface area contributed by atoms with Crippen molar-refractivity contribution in [3.05, 3.63) is 48.6 Å². The highest BCUT2D eigenvalue weighted by Crippen LogP contribution is 2.23. The zero-order chi connectivity index (χ0) is 58.6. The SMILES string of the molecule is CCCCCCC/C=C\C/C=C\CCCCCCCCCCCCCCCCCCCCCCCCCCCCCCCC(=O)NC(COC1OC(CO)C(O)C(O)C1O)C(O)/C=C/CC/C=C/CCCCCCCCCCCCC. The highest BCUT2D eigenvalue weighted by molar-refractivity contribution is 5.76. The molecule has 0 radical (unpaired) electrons. The summed E-state index contributed by atoms with van der Waals surface area (Å²) in [6.07, 6.45) is 76.7. The van der Waals surface area contributed by atoms with Crippen molar-refractivity contribution in [3.8, 4) is 0 Å². The van der Waals surface area contributed by atoms with Crippen LogP contribution in [0.2, 0.25) is 0 Å². The third-order valence-corrected chi connectivity index (χ3v) is 16.9. The Hall–Kier alpha value is -1.85. The van der Waals surface area contributed by atoms with E-state index < -0.39 is 49.5 Å². The Morgan fingerprint density at radius 1 is 0.420 bits per heavy atom. The Balaban J connectivity index is 2.03. The number of amides is 1. The first-order valence-electron chi connectivity index (χ1n) is 35.4. The lowest BCUT2D eigenvalue weighted by Gasteiger charge is -2.40. The van der Waals surface area contributed by atoms with Gasteiger partial charge in [0.15, 0.2) is 6.29 Å². The molecule has 9 heteroatoms. The topological polar surface area (TPSA) is 149 Å². The van der Waals surface area contributed by atoms with E-state index in [1.807, 2.05) is 6.08 Å². The second-order valence-electron chi connectivity index (χ2n) is 24.7. The summed E-state index contributed by atoms with van der Waals surface area (Å²) in [4.78, 5) is 13.1. The monoisotopic (exact) mass is 1140 g/mol. The summed E-state index contributed by atoms with van der Waals surface area (Å²) < 4.78 is 11.3. The van der Waals surface area contributed by atoms with Gasteiger partial charge in [0.05, 0.1) is 25.4 Å². The molecule has 1 fully saturated rings. The number of ether oxygens (including phenoxy) is 2. The molecule has 1 aliphatic rings. The standard InChI is InChI=1S/C72H135NO8/c1-3-5-7-9-11-13-15-17-19-21-22-23-24-25-26-27-28-29-30-31-32-33-34-35-36-37-38-39-40-41-42-43-44-46-48-50-52-54-56-58-60-62-68(76)73-65(64-80-72-71(79)70(78)69(77)67(63-74)81-72)66(75)61-59-57-55-53-51-49-47-45-20-18-16-14-12-10-8-6-4-2/h15,17,21-22,51,53,59,61,65-67,69-72,74-75,77-79H,3-14,16,18-20,23-50,52,54-58,60,62-64H2,1-2H3,(H,73,76)/b17-15-,22-21-,53-51+,61-59+. The first-order chi connectivity index (χ1) is 39.8. The van der Waals surface area contributed by atoms with Gasteiger partial charge in [-0.25, -0.2) is 0 Å². The van der Waals surface area contributed by atoms with Crippen molar-refractivity contribution in [1.29, 1.82) is 0 Å². The van der Waals surface area contributed by atoms with E-state index in [4.69, 9.17) is 9.47 Å². The van der Waals surface area contributed by atoms with Crippen molar-refractivity contribution in [2.75, 3.05) is 13.2 Å². The van der Waals surface area contributed by atoms with Gasteiger partial charge in [0.25, 0.3) is 0 Å². The highest BCUT2D eigenvalue weighted by Gasteiger charge is 2.44. The molecule has 1 heterocycles. The van der Waals surface area contributed by atoms with Gasteiger partial charge in [0, 0.05) is 6.42 Å². The molecule has 6 N–H and O–H groups in total. The number of carbonyl (C=O) groups excluding carboxylic acids is 1. The van der Waals surface area contributed by atoms with Crippen molar-refractivity contribution in [1.82, 2.24) is 5.32 Å². The Labute approximate surface area is 501 Å². The van der Waals surface area contributed by atoms with Crippen LogP contribution in [-0.2, 0) is 14.3 Å². The van der Waals surface area contributed by atoms with Crippen LogP contribution in [0.15, 0.2) is 48.6 Å². The molecule has 1 rings (SSSR count). The molecule has 0 aromatic rings. The lowest BCUT2D eigenvalue weighted by atomic mass is 9.99. The maximum absolute atomic E-state index is 13.1. The third-order valence-electron chi connectivity index (χ3n) is 16.9. The molecular formula is C72H135NO8. The molecule has 0 spiro atoms. The number of rotatable bonds is 62. The molecule has 0 saturated carbocycles. The molecule has 1 saturated heterocycles. The lowest BCUT2D eigenvalue weighted by molar-refractivity contribution is -0.302. The minimum absolute atomic E-state index is 0.180. The van der Waals surface area contributed by atoms with Crippen LogP contribution in [0.25, 0.3) is 0 Å². The summed E-state index contributed by atoms with van der Waals surface area (Å²) in [5.41, 5.74) is 0. The van der Waals surface area contributed by atoms with Crippen molar-refractivity contribution in [3.63, 3.8) is 0 Å². The molecule has 0 aliphatic carbocycles. The van der Waals surface area contributed by atoms with Crippen molar-refractivity contribution in [2.45, 2.75) is 391 Å². The maximum Gasteiger partial charge on any atom is 0.220 e. The van der Waals surface area contributed by atoms with Crippen molar-refractivity contribution in [2.24, 2.45) is 0 Å². The fourth-order valence-electron chi connectivity index (χ4n) is 11.3. The van der Waals surface area contributed by atoms with E-state index in [0.717, 1.165) is 44.9 Å². The number of hydrogen-bond acceptors (Lipinski definition) is 8. The van der Waals surface area contributed by atoms with Crippen LogP contribution in [0, 0.1) is 0 Å². The number of aliphatic hydroxyl groups is 5. The van der Waals surface area contributed by atoms with Gasteiger partial charge in [-0.15, -0.1) is 0 Å². The molecule has 0 aromatic carbocycles. The first kappa shape index (κ1) is 77.2. The van der Waals surface area contributed by atoms with Gasteiger partial charge in [-0.2, -0.15) is 0 Å². The number of hydrogen-bond donors (Lipinski definition) is 6. The fraction of sp³-hybridized carbons (Fsp3) is 0.875. The Kier molecular flexibility index (Phi) is 58.3. The van der Waals surface area contributed by atoms with Crippen LogP contribution in [0.4, 0.5) is 0 Å². The van der Waals surface area contributed by atoms with E-state index in [2.05, 4.69) is 55.6 Å². The second kappa shape index (κ2) is 61.2. The molecule has 7 unspecified atom stereocenters. The van der Waals surface area contributed by atoms with Gasteiger partial charge >= 0.3 is 0 Å². The molecular weight excluding hydrogens is 1010 g/mol. The van der Waals surface area contributed by atoms with Gasteiger partial charge in [-0.1, -0.05) is 326 Å². The van der Waals surface area contributed by atoms with Crippen LogP contribution in [0.1, 0.15) is 348 Å². The van der Waals surface area contributed by atoms with Gasteiger partial charge in [0.1, 0.15) is 24.4 Å². The summed E-state index contributed by atoms with van der Waals surface area (Å²) in [5.74, 6) is -0.180. The van der Waals surface area contributed by atoms with Gasteiger partial charge in [0.2, 0.25) is 5.91 Å². The summed E-state index contributed by atoms with van der Waals surface area (Å²) in [6.45, 7) is 3.79. The molecule has 1 amide bonds. The Bertz CT molecular complexity index is 1420. The Morgan fingerprint density at radius 3 is 1.11 bits per heavy atom. The summed E-state index contributed by atoms with van der Waals surface area (Å²) in [5, 5.41) is 54.6. The normalized spacial score (nSPS) is 18.6. The van der Waals surface area contributed by atoms with Crippen LogP contribution >= 0.6 is 0 Å². The zero-order valence-corrected chi connectivity index (χ0v) is 53.3. The first-order valence-corrected chi connectivity index (χ1v) is 35.4. The van der Waals surface area contributed by atoms with E-state index in [9.17, 15) is 30.3 Å². The predicted octanol–water partition coefficient (Wildman–Crippen LogP) is 19.2. The zero-order valence-electron chi connectivity index (χ0n) is 53.3. The molecule has 81 heavy (non-hydrogen) atoms. The van der Waals surface area contributed by atoms with E-state index in [-0.39, 0.29) is 12.5 Å². The van der Waals surface area contributed by atoms with Crippen LogP contribution in [0.3, 0.4) is 0 Å². The van der Waals surface area contributed by atoms with E-state index in [0.29, 0.717) is 6.42 Å². The quantitative estimate of drug-likeness (QED) is 0.0261. The number of unbranched alkanes of at least 4 members (excludes halogenated alkanes) is 46. The predicted molar refractivity (Wildman–Crippen MR) is 346 cm³/mol. The van der Waals surface area contributed by atoms with Gasteiger partial charge in [-0.3, -0.25) is 4.79 Å². The molecule has 0 bridgehead atoms. The average Bonchev–Trinajstić information content (AvgIpc) is 3.49. The fourth-order valence-corrected chi connectivity index (χ4v) is 11.3. The smallest absolute Gasteiger partial charge is 0.220 e. The van der Waals surface area contributed by atoms with E-state index in [1.165, 1.54) is 283 Å². The van der Waals surface area contributed by atoms with Crippen LogP contribution < -0.4 is 5.32 Å². The van der Waals surface area contributed by atoms with Crippen molar-refractivity contribution >= 4 is 5.91 Å². The van der Waals surface area contributed by atoms with Crippen molar-refractivity contribution < 1.29 is 39.8 Å². The summed E-state index contributed by atoms with van der Waals surface area (Å²) in [7, 11) is 0. The largest absolute Gasteiger partial charge is 0.394 e. The van der Waals surface area contributed by atoms with E-state index >= 15 is 0 Å².